The van der Waals surface area contributed by atoms with Crippen LogP contribution in [0, 0.1) is 5.82 Å². The first-order valence-electron chi connectivity index (χ1n) is 16.1. The van der Waals surface area contributed by atoms with E-state index in [4.69, 9.17) is 14.5 Å². The Hall–Kier alpha value is -1.86. The van der Waals surface area contributed by atoms with E-state index in [0.717, 1.165) is 35.4 Å². The van der Waals surface area contributed by atoms with Gasteiger partial charge in [-0.15, -0.1) is 0 Å². The summed E-state index contributed by atoms with van der Waals surface area (Å²) in [6.07, 6.45) is 9.66. The SMILES string of the molecule is CC.CCC[CH2][Sn]([CH2]CCC)([CH2]CCC)[c]1c(-c2ccc(F)cc2)nc2n1[C@H](COCc1ccc(OC)cc1)CC2. The predicted octanol–water partition coefficient (Wildman–Crippen LogP) is 9.48. The van der Waals surface area contributed by atoms with E-state index in [9.17, 15) is 4.39 Å². The summed E-state index contributed by atoms with van der Waals surface area (Å²) in [6, 6.07) is 15.5. The first-order valence-corrected chi connectivity index (χ1v) is 23.6. The number of unbranched alkanes of at least 4 members (excludes halogenated alkanes) is 3. The Labute approximate surface area is 252 Å². The van der Waals surface area contributed by atoms with Crippen molar-refractivity contribution in [3.63, 3.8) is 0 Å². The van der Waals surface area contributed by atoms with Crippen LogP contribution < -0.4 is 8.45 Å². The Balaban J connectivity index is 0.00000226. The number of halogens is 1. The molecule has 6 heteroatoms. The van der Waals surface area contributed by atoms with Crippen molar-refractivity contribution in [1.29, 1.82) is 0 Å². The molecule has 3 aromatic rings. The van der Waals surface area contributed by atoms with Crippen molar-refractivity contribution < 1.29 is 13.9 Å². The van der Waals surface area contributed by atoms with Gasteiger partial charge < -0.3 is 0 Å². The summed E-state index contributed by atoms with van der Waals surface area (Å²) >= 11 is -2.90. The Kier molecular flexibility index (Phi) is 14.2. The predicted molar refractivity (Wildman–Crippen MR) is 174 cm³/mol. The third-order valence-corrected chi connectivity index (χ3v) is 23.9. The van der Waals surface area contributed by atoms with Crippen LogP contribution in [-0.2, 0) is 17.8 Å². The summed E-state index contributed by atoms with van der Waals surface area (Å²) in [4.78, 5) is 5.34. The molecule has 0 N–H and O–H groups in total. The van der Waals surface area contributed by atoms with E-state index in [1.807, 2.05) is 38.1 Å². The summed E-state index contributed by atoms with van der Waals surface area (Å²) in [5.74, 6) is 1.90. The van der Waals surface area contributed by atoms with Gasteiger partial charge in [0.1, 0.15) is 0 Å². The first kappa shape index (κ1) is 33.6. The van der Waals surface area contributed by atoms with Crippen LogP contribution in [0.2, 0.25) is 13.3 Å². The van der Waals surface area contributed by atoms with E-state index in [2.05, 4.69) is 37.5 Å². The third-order valence-electron chi connectivity index (χ3n) is 8.44. The molecule has 226 valence electrons. The van der Waals surface area contributed by atoms with Crippen LogP contribution in [0.3, 0.4) is 0 Å². The standard InChI is InChI=1S/C21H20FN2O2.3C4H9.C2H6.Sn/c1-25-19-9-2-15(3-10-19)13-26-14-18-8-11-21-23-20(12-24(18)21)16-4-6-17(22)7-5-16;3*1-3-4-2;1-2;/h2-7,9-10,18H,8,11,13-14H2,1H3;3*1,3-4H2,2H3;1-2H3;/t18-;;;;;/m0...../s1. The van der Waals surface area contributed by atoms with Crippen molar-refractivity contribution >= 4 is 22.1 Å². The Morgan fingerprint density at radius 1 is 0.878 bits per heavy atom. The second kappa shape index (κ2) is 17.3. The number of methoxy groups -OCH3 is 1. The quantitative estimate of drug-likeness (QED) is 0.142. The Morgan fingerprint density at radius 3 is 2.00 bits per heavy atom. The number of imidazole rings is 1. The van der Waals surface area contributed by atoms with Gasteiger partial charge in [0, 0.05) is 0 Å². The summed E-state index contributed by atoms with van der Waals surface area (Å²) < 4.78 is 34.0. The molecule has 2 heterocycles. The molecule has 0 unspecified atom stereocenters. The third kappa shape index (κ3) is 8.59. The molecular weight excluding hydrogens is 618 g/mol. The number of aryl methyl sites for hydroxylation is 1. The molecule has 1 atom stereocenters. The van der Waals surface area contributed by atoms with Crippen LogP contribution in [-0.4, -0.2) is 41.6 Å². The molecule has 0 saturated carbocycles. The van der Waals surface area contributed by atoms with E-state index in [0.29, 0.717) is 19.3 Å². The van der Waals surface area contributed by atoms with E-state index in [1.54, 1.807) is 23.0 Å². The van der Waals surface area contributed by atoms with Gasteiger partial charge in [0.15, 0.2) is 0 Å². The number of nitrogens with zero attached hydrogens (tertiary/aromatic N) is 2. The molecule has 4 rings (SSSR count). The van der Waals surface area contributed by atoms with Gasteiger partial charge in [-0.25, -0.2) is 0 Å². The first-order chi connectivity index (χ1) is 20.0. The van der Waals surface area contributed by atoms with E-state index in [-0.39, 0.29) is 5.82 Å². The van der Waals surface area contributed by atoms with Crippen molar-refractivity contribution in [2.45, 2.75) is 112 Å². The van der Waals surface area contributed by atoms with Gasteiger partial charge in [-0.3, -0.25) is 0 Å². The monoisotopic (exact) mass is 672 g/mol. The molecule has 0 amide bonds. The molecular formula is C35H53FN2O2Sn. The average Bonchev–Trinajstić information content (AvgIpc) is 3.59. The molecule has 0 aliphatic carbocycles. The van der Waals surface area contributed by atoms with E-state index >= 15 is 0 Å². The number of benzene rings is 2. The fraction of sp³-hybridized carbons (Fsp3) is 0.571. The topological polar surface area (TPSA) is 36.3 Å². The fourth-order valence-corrected chi connectivity index (χ4v) is 23.6. The van der Waals surface area contributed by atoms with Gasteiger partial charge in [-0.05, 0) is 0 Å². The molecule has 0 fully saturated rings. The van der Waals surface area contributed by atoms with Crippen molar-refractivity contribution in [2.75, 3.05) is 13.7 Å². The molecule has 1 aliphatic heterocycles. The molecule has 41 heavy (non-hydrogen) atoms. The molecule has 4 nitrogen and oxygen atoms in total. The number of hydrogen-bond acceptors (Lipinski definition) is 3. The molecule has 2 aromatic carbocycles. The second-order valence-corrected chi connectivity index (χ2v) is 24.2. The van der Waals surface area contributed by atoms with Crippen molar-refractivity contribution in [1.82, 2.24) is 9.55 Å². The number of fused-ring (bicyclic) bond motifs is 1. The molecule has 0 bridgehead atoms. The minimum atomic E-state index is -2.90. The van der Waals surface area contributed by atoms with Gasteiger partial charge in [-0.1, -0.05) is 13.8 Å². The van der Waals surface area contributed by atoms with Crippen LogP contribution in [0.25, 0.3) is 11.3 Å². The van der Waals surface area contributed by atoms with Gasteiger partial charge >= 0.3 is 240 Å². The van der Waals surface area contributed by atoms with Gasteiger partial charge in [-0.2, -0.15) is 0 Å². The zero-order valence-electron chi connectivity index (χ0n) is 26.5. The maximum atomic E-state index is 13.9. The van der Waals surface area contributed by atoms with Crippen LogP contribution in [0.1, 0.15) is 97.0 Å². The summed E-state index contributed by atoms with van der Waals surface area (Å²) in [5, 5.41) is 0. The van der Waals surface area contributed by atoms with Gasteiger partial charge in [0.25, 0.3) is 0 Å². The maximum absolute atomic E-state index is 13.9. The van der Waals surface area contributed by atoms with E-state index in [1.165, 1.54) is 57.7 Å². The zero-order chi connectivity index (χ0) is 29.7. The summed E-state index contributed by atoms with van der Waals surface area (Å²) in [6.45, 7) is 12.3. The van der Waals surface area contributed by atoms with Gasteiger partial charge in [0.05, 0.1) is 0 Å². The van der Waals surface area contributed by atoms with Crippen molar-refractivity contribution in [3.05, 3.63) is 65.7 Å². The van der Waals surface area contributed by atoms with Crippen LogP contribution >= 0.6 is 0 Å². The molecule has 0 saturated heterocycles. The summed E-state index contributed by atoms with van der Waals surface area (Å²) in [5.41, 5.74) is 3.40. The number of rotatable bonds is 16. The molecule has 1 aromatic heterocycles. The second-order valence-electron chi connectivity index (χ2n) is 11.2. The number of aromatic nitrogens is 2. The number of ether oxygens (including phenoxy) is 2. The number of hydrogen-bond donors (Lipinski definition) is 0. The van der Waals surface area contributed by atoms with E-state index < -0.39 is 18.4 Å². The fourth-order valence-electron chi connectivity index (χ4n) is 6.26. The van der Waals surface area contributed by atoms with Crippen LogP contribution in [0.15, 0.2) is 48.5 Å². The Morgan fingerprint density at radius 2 is 1.46 bits per heavy atom. The van der Waals surface area contributed by atoms with Crippen molar-refractivity contribution in [3.8, 4) is 17.0 Å². The Bertz CT molecular complexity index is 1140. The zero-order valence-corrected chi connectivity index (χ0v) is 29.3. The molecule has 1 aliphatic rings. The van der Waals surface area contributed by atoms with Crippen LogP contribution in [0.5, 0.6) is 5.75 Å². The minimum absolute atomic E-state index is 0.186. The molecule has 0 spiro atoms. The van der Waals surface area contributed by atoms with Crippen molar-refractivity contribution in [2.24, 2.45) is 0 Å². The van der Waals surface area contributed by atoms with Gasteiger partial charge in [0.2, 0.25) is 0 Å². The van der Waals surface area contributed by atoms with Crippen LogP contribution in [0.4, 0.5) is 4.39 Å². The summed E-state index contributed by atoms with van der Waals surface area (Å²) in [7, 11) is 1.69. The average molecular weight is 672 g/mol. The molecule has 0 radical (unpaired) electrons. The normalized spacial score (nSPS) is 14.5.